The van der Waals surface area contributed by atoms with Crippen molar-refractivity contribution in [2.45, 2.75) is 23.5 Å². The fourth-order valence-corrected chi connectivity index (χ4v) is 3.21. The number of halogens is 1. The maximum Gasteiger partial charge on any atom is 0.237 e. The fraction of sp³-hybridized carbons (Fsp3) is 0.176. The lowest BCUT2D eigenvalue weighted by Crippen LogP contribution is -2.26. The van der Waals surface area contributed by atoms with Crippen LogP contribution in [0.1, 0.15) is 12.5 Å². The van der Waals surface area contributed by atoms with Crippen molar-refractivity contribution in [2.75, 3.05) is 10.6 Å². The van der Waals surface area contributed by atoms with Crippen molar-refractivity contribution < 1.29 is 14.0 Å². The van der Waals surface area contributed by atoms with E-state index in [-0.39, 0.29) is 29.3 Å². The maximum atomic E-state index is 12.9. The van der Waals surface area contributed by atoms with Gasteiger partial charge in [0.25, 0.3) is 0 Å². The topological polar surface area (TPSA) is 58.2 Å². The molecular formula is C17H15FN2O2S. The molecule has 1 unspecified atom stereocenters. The number of rotatable bonds is 3. The Kier molecular flexibility index (Phi) is 4.34. The van der Waals surface area contributed by atoms with E-state index >= 15 is 0 Å². The molecule has 2 aromatic carbocycles. The Morgan fingerprint density at radius 1 is 1.26 bits per heavy atom. The van der Waals surface area contributed by atoms with Crippen molar-refractivity contribution in [3.8, 4) is 0 Å². The molecular weight excluding hydrogens is 315 g/mol. The van der Waals surface area contributed by atoms with Crippen LogP contribution in [0, 0.1) is 5.82 Å². The first-order valence-corrected chi connectivity index (χ1v) is 8.05. The molecule has 0 radical (unpaired) electrons. The van der Waals surface area contributed by atoms with Gasteiger partial charge < -0.3 is 10.6 Å². The molecule has 6 heteroatoms. The number of thioether (sulfide) groups is 1. The van der Waals surface area contributed by atoms with Crippen molar-refractivity contribution >= 4 is 35.0 Å². The minimum absolute atomic E-state index is 0.0442. The van der Waals surface area contributed by atoms with Gasteiger partial charge in [0.05, 0.1) is 17.4 Å². The van der Waals surface area contributed by atoms with Gasteiger partial charge in [-0.05, 0) is 42.8 Å². The average Bonchev–Trinajstić information content (AvgIpc) is 2.51. The Hall–Kier alpha value is -2.34. The van der Waals surface area contributed by atoms with Crippen molar-refractivity contribution in [3.05, 3.63) is 53.8 Å². The molecule has 0 saturated carbocycles. The first kappa shape index (κ1) is 15.6. The second-order valence-corrected chi connectivity index (χ2v) is 6.69. The van der Waals surface area contributed by atoms with E-state index in [2.05, 4.69) is 10.6 Å². The Morgan fingerprint density at radius 3 is 2.74 bits per heavy atom. The predicted octanol–water partition coefficient (Wildman–Crippen LogP) is 3.44. The van der Waals surface area contributed by atoms with E-state index in [1.54, 1.807) is 24.3 Å². The summed E-state index contributed by atoms with van der Waals surface area (Å²) < 4.78 is 12.9. The summed E-state index contributed by atoms with van der Waals surface area (Å²) in [6.07, 6.45) is 0.162. The Labute approximate surface area is 137 Å². The number of carbonyl (C=O) groups excluding carboxylic acids is 2. The van der Waals surface area contributed by atoms with E-state index in [1.807, 2.05) is 13.0 Å². The third kappa shape index (κ3) is 3.71. The molecule has 0 bridgehead atoms. The Bertz CT molecular complexity index is 762. The molecule has 1 heterocycles. The predicted molar refractivity (Wildman–Crippen MR) is 89.1 cm³/mol. The lowest BCUT2D eigenvalue weighted by molar-refractivity contribution is -0.116. The minimum Gasteiger partial charge on any atom is -0.326 e. The van der Waals surface area contributed by atoms with Crippen LogP contribution in [-0.2, 0) is 16.0 Å². The van der Waals surface area contributed by atoms with E-state index in [9.17, 15) is 14.0 Å². The van der Waals surface area contributed by atoms with Gasteiger partial charge in [-0.2, -0.15) is 0 Å². The van der Waals surface area contributed by atoms with Gasteiger partial charge in [0.15, 0.2) is 0 Å². The molecule has 0 aliphatic carbocycles. The molecule has 4 nitrogen and oxygen atoms in total. The van der Waals surface area contributed by atoms with Crippen LogP contribution in [0.5, 0.6) is 0 Å². The van der Waals surface area contributed by atoms with E-state index in [4.69, 9.17) is 0 Å². The highest BCUT2D eigenvalue weighted by molar-refractivity contribution is 8.00. The van der Waals surface area contributed by atoms with Gasteiger partial charge >= 0.3 is 0 Å². The van der Waals surface area contributed by atoms with Gasteiger partial charge in [0.1, 0.15) is 5.82 Å². The highest BCUT2D eigenvalue weighted by Crippen LogP contribution is 2.36. The molecule has 118 valence electrons. The zero-order valence-corrected chi connectivity index (χ0v) is 13.2. The Balaban J connectivity index is 1.68. The third-order valence-corrected chi connectivity index (χ3v) is 4.65. The first-order chi connectivity index (χ1) is 11.0. The van der Waals surface area contributed by atoms with E-state index in [0.29, 0.717) is 11.4 Å². The standard InChI is InChI=1S/C17H15FN2O2S/c1-10-17(22)20-14-9-13(6-7-15(14)23-10)19-16(21)8-11-2-4-12(18)5-3-11/h2-7,9-10H,8H2,1H3,(H,19,21)(H,20,22). The summed E-state index contributed by atoms with van der Waals surface area (Å²) in [5, 5.41) is 5.49. The Morgan fingerprint density at radius 2 is 2.00 bits per heavy atom. The average molecular weight is 330 g/mol. The van der Waals surface area contributed by atoms with Gasteiger partial charge in [0.2, 0.25) is 11.8 Å². The molecule has 23 heavy (non-hydrogen) atoms. The zero-order valence-electron chi connectivity index (χ0n) is 12.4. The van der Waals surface area contributed by atoms with Crippen LogP contribution in [0.3, 0.4) is 0 Å². The summed E-state index contributed by atoms with van der Waals surface area (Å²) in [6.45, 7) is 1.85. The smallest absolute Gasteiger partial charge is 0.237 e. The third-order valence-electron chi connectivity index (χ3n) is 3.47. The molecule has 2 amide bonds. The van der Waals surface area contributed by atoms with Crippen molar-refractivity contribution in [1.82, 2.24) is 0 Å². The second-order valence-electron chi connectivity index (χ2n) is 5.31. The molecule has 0 saturated heterocycles. The minimum atomic E-state index is -0.327. The number of benzene rings is 2. The summed E-state index contributed by atoms with van der Waals surface area (Å²) >= 11 is 1.49. The van der Waals surface area contributed by atoms with Gasteiger partial charge in [-0.1, -0.05) is 12.1 Å². The van der Waals surface area contributed by atoms with Gasteiger partial charge in [-0.15, -0.1) is 11.8 Å². The van der Waals surface area contributed by atoms with Gasteiger partial charge in [-0.3, -0.25) is 9.59 Å². The highest BCUT2D eigenvalue weighted by Gasteiger charge is 2.23. The first-order valence-electron chi connectivity index (χ1n) is 7.17. The van der Waals surface area contributed by atoms with Crippen LogP contribution in [0.2, 0.25) is 0 Å². The van der Waals surface area contributed by atoms with Crippen LogP contribution < -0.4 is 10.6 Å². The van der Waals surface area contributed by atoms with Crippen LogP contribution in [0.25, 0.3) is 0 Å². The second kappa shape index (κ2) is 6.42. The number of amides is 2. The monoisotopic (exact) mass is 330 g/mol. The number of anilines is 2. The van der Waals surface area contributed by atoms with E-state index < -0.39 is 0 Å². The van der Waals surface area contributed by atoms with Crippen LogP contribution in [0.15, 0.2) is 47.4 Å². The highest BCUT2D eigenvalue weighted by atomic mass is 32.2. The summed E-state index contributed by atoms with van der Waals surface area (Å²) in [6, 6.07) is 11.3. The number of hydrogen-bond donors (Lipinski definition) is 2. The van der Waals surface area contributed by atoms with Crippen LogP contribution in [-0.4, -0.2) is 17.1 Å². The lowest BCUT2D eigenvalue weighted by atomic mass is 10.1. The molecule has 0 aromatic heterocycles. The largest absolute Gasteiger partial charge is 0.326 e. The number of nitrogens with one attached hydrogen (secondary N) is 2. The molecule has 2 aromatic rings. The lowest BCUT2D eigenvalue weighted by Gasteiger charge is -2.22. The molecule has 3 rings (SSSR count). The van der Waals surface area contributed by atoms with Gasteiger partial charge in [0, 0.05) is 10.6 Å². The molecule has 0 spiro atoms. The fourth-order valence-electron chi connectivity index (χ4n) is 2.28. The van der Waals surface area contributed by atoms with Gasteiger partial charge in [-0.25, -0.2) is 4.39 Å². The number of carbonyl (C=O) groups is 2. The SMILES string of the molecule is CC1Sc2ccc(NC(=O)Cc3ccc(F)cc3)cc2NC1=O. The maximum absolute atomic E-state index is 12.9. The van der Waals surface area contributed by atoms with E-state index in [1.165, 1.54) is 23.9 Å². The summed E-state index contributed by atoms with van der Waals surface area (Å²) in [5.74, 6) is -0.566. The molecule has 1 aliphatic rings. The summed E-state index contributed by atoms with van der Waals surface area (Å²) in [7, 11) is 0. The number of fused-ring (bicyclic) bond motifs is 1. The summed E-state index contributed by atoms with van der Waals surface area (Å²) in [4.78, 5) is 24.7. The molecule has 1 aliphatic heterocycles. The molecule has 2 N–H and O–H groups in total. The summed E-state index contributed by atoms with van der Waals surface area (Å²) in [5.41, 5.74) is 2.06. The normalized spacial score (nSPS) is 16.4. The van der Waals surface area contributed by atoms with Crippen molar-refractivity contribution in [2.24, 2.45) is 0 Å². The quantitative estimate of drug-likeness (QED) is 0.906. The van der Waals surface area contributed by atoms with Crippen LogP contribution >= 0.6 is 11.8 Å². The van der Waals surface area contributed by atoms with Crippen molar-refractivity contribution in [3.63, 3.8) is 0 Å². The van der Waals surface area contributed by atoms with Crippen molar-refractivity contribution in [1.29, 1.82) is 0 Å². The molecule has 1 atom stereocenters. The van der Waals surface area contributed by atoms with E-state index in [0.717, 1.165) is 10.5 Å². The van der Waals surface area contributed by atoms with Crippen LogP contribution in [0.4, 0.5) is 15.8 Å². The number of hydrogen-bond acceptors (Lipinski definition) is 3. The molecule has 0 fully saturated rings. The zero-order chi connectivity index (χ0) is 16.4.